The first-order valence-electron chi connectivity index (χ1n) is 5.64. The van der Waals surface area contributed by atoms with Crippen LogP contribution in [-0.4, -0.2) is 5.11 Å². The van der Waals surface area contributed by atoms with E-state index in [1.54, 1.807) is 12.1 Å². The second kappa shape index (κ2) is 5.68. The highest BCUT2D eigenvalue weighted by molar-refractivity contribution is 6.37. The quantitative estimate of drug-likeness (QED) is 0.801. The van der Waals surface area contributed by atoms with Crippen LogP contribution in [0, 0.1) is 12.7 Å². The summed E-state index contributed by atoms with van der Waals surface area (Å²) in [6.07, 6.45) is 0. The van der Waals surface area contributed by atoms with Gasteiger partial charge in [0.1, 0.15) is 5.82 Å². The molecule has 0 saturated heterocycles. The molecule has 2 aromatic carbocycles. The topological polar surface area (TPSA) is 32.3 Å². The molecule has 0 aliphatic heterocycles. The number of rotatable bonds is 3. The smallest absolute Gasteiger partial charge is 0.152 e. The molecule has 2 N–H and O–H groups in total. The zero-order valence-corrected chi connectivity index (χ0v) is 11.7. The standard InChI is InChI=1S/C14H12Cl2FNO/c1-8-2-3-13(17)9(4-8)7-18-10-5-11(15)14(19)12(16)6-10/h2-6,18-19H,7H2,1H3. The van der Waals surface area contributed by atoms with Crippen LogP contribution in [0.25, 0.3) is 0 Å². The Bertz CT molecular complexity index is 593. The van der Waals surface area contributed by atoms with E-state index in [2.05, 4.69) is 5.32 Å². The molecule has 0 radical (unpaired) electrons. The van der Waals surface area contributed by atoms with Crippen molar-refractivity contribution in [2.24, 2.45) is 0 Å². The molecule has 0 aliphatic rings. The number of aromatic hydroxyl groups is 1. The fourth-order valence-electron chi connectivity index (χ4n) is 1.70. The molecule has 0 saturated carbocycles. The van der Waals surface area contributed by atoms with Crippen LogP contribution in [0.5, 0.6) is 5.75 Å². The van der Waals surface area contributed by atoms with Gasteiger partial charge in [-0.15, -0.1) is 0 Å². The van der Waals surface area contributed by atoms with Crippen LogP contribution in [0.2, 0.25) is 10.0 Å². The zero-order valence-electron chi connectivity index (χ0n) is 10.2. The van der Waals surface area contributed by atoms with Gasteiger partial charge in [0.25, 0.3) is 0 Å². The lowest BCUT2D eigenvalue weighted by molar-refractivity contribution is 0.476. The molecule has 5 heteroatoms. The molecule has 0 spiro atoms. The van der Waals surface area contributed by atoms with E-state index >= 15 is 0 Å². The number of phenolic OH excluding ortho intramolecular Hbond substituents is 1. The van der Waals surface area contributed by atoms with Crippen molar-refractivity contribution < 1.29 is 9.50 Å². The Labute approximate surface area is 120 Å². The second-order valence-corrected chi connectivity index (χ2v) is 5.05. The lowest BCUT2D eigenvalue weighted by atomic mass is 10.1. The van der Waals surface area contributed by atoms with Gasteiger partial charge in [-0.25, -0.2) is 4.39 Å². The largest absolute Gasteiger partial charge is 0.505 e. The molecule has 100 valence electrons. The first kappa shape index (κ1) is 14.0. The van der Waals surface area contributed by atoms with E-state index in [0.717, 1.165) is 5.56 Å². The van der Waals surface area contributed by atoms with Gasteiger partial charge in [-0.05, 0) is 25.1 Å². The number of hydrogen-bond donors (Lipinski definition) is 2. The number of anilines is 1. The summed E-state index contributed by atoms with van der Waals surface area (Å²) in [6, 6.07) is 8.00. The Hall–Kier alpha value is -1.45. The number of nitrogens with one attached hydrogen (secondary N) is 1. The van der Waals surface area contributed by atoms with Gasteiger partial charge in [0.2, 0.25) is 0 Å². The van der Waals surface area contributed by atoms with Crippen molar-refractivity contribution in [3.63, 3.8) is 0 Å². The number of aryl methyl sites for hydroxylation is 1. The maximum atomic E-state index is 13.6. The van der Waals surface area contributed by atoms with E-state index in [9.17, 15) is 9.50 Å². The fourth-order valence-corrected chi connectivity index (χ4v) is 2.19. The van der Waals surface area contributed by atoms with Gasteiger partial charge in [-0.3, -0.25) is 0 Å². The highest BCUT2D eigenvalue weighted by Crippen LogP contribution is 2.34. The van der Waals surface area contributed by atoms with Gasteiger partial charge in [0.15, 0.2) is 5.75 Å². The average Bonchev–Trinajstić information content (AvgIpc) is 2.37. The van der Waals surface area contributed by atoms with Crippen molar-refractivity contribution in [1.82, 2.24) is 0 Å². The molecule has 0 fully saturated rings. The second-order valence-electron chi connectivity index (χ2n) is 4.24. The minimum atomic E-state index is -0.269. The van der Waals surface area contributed by atoms with Crippen LogP contribution in [0.1, 0.15) is 11.1 Å². The lowest BCUT2D eigenvalue weighted by Gasteiger charge is -2.10. The van der Waals surface area contributed by atoms with Crippen LogP contribution in [0.4, 0.5) is 10.1 Å². The first-order valence-corrected chi connectivity index (χ1v) is 6.40. The SMILES string of the molecule is Cc1ccc(F)c(CNc2cc(Cl)c(O)c(Cl)c2)c1. The van der Waals surface area contributed by atoms with Crippen molar-refractivity contribution in [1.29, 1.82) is 0 Å². The van der Waals surface area contributed by atoms with Crippen molar-refractivity contribution in [2.75, 3.05) is 5.32 Å². The molecule has 2 aromatic rings. The van der Waals surface area contributed by atoms with Gasteiger partial charge >= 0.3 is 0 Å². The maximum Gasteiger partial charge on any atom is 0.152 e. The molecule has 0 heterocycles. The zero-order chi connectivity index (χ0) is 14.0. The van der Waals surface area contributed by atoms with Crippen LogP contribution in [-0.2, 0) is 6.54 Å². The Morgan fingerprint density at radius 3 is 2.42 bits per heavy atom. The summed E-state index contributed by atoms with van der Waals surface area (Å²) in [5, 5.41) is 12.8. The Kier molecular flexibility index (Phi) is 4.17. The number of halogens is 3. The summed E-state index contributed by atoms with van der Waals surface area (Å²) in [4.78, 5) is 0. The van der Waals surface area contributed by atoms with E-state index < -0.39 is 0 Å². The number of benzene rings is 2. The molecular formula is C14H12Cl2FNO. The molecule has 19 heavy (non-hydrogen) atoms. The molecule has 0 aliphatic carbocycles. The summed E-state index contributed by atoms with van der Waals surface area (Å²) < 4.78 is 13.6. The van der Waals surface area contributed by atoms with E-state index in [-0.39, 0.29) is 21.6 Å². The molecule has 0 amide bonds. The average molecular weight is 300 g/mol. The molecular weight excluding hydrogens is 288 g/mol. The van der Waals surface area contributed by atoms with Crippen LogP contribution >= 0.6 is 23.2 Å². The van der Waals surface area contributed by atoms with Crippen molar-refractivity contribution in [3.05, 3.63) is 57.3 Å². The fraction of sp³-hybridized carbons (Fsp3) is 0.143. The number of phenols is 1. The minimum Gasteiger partial charge on any atom is -0.505 e. The van der Waals surface area contributed by atoms with Crippen LogP contribution < -0.4 is 5.32 Å². The summed E-state index contributed by atoms with van der Waals surface area (Å²) in [7, 11) is 0. The van der Waals surface area contributed by atoms with E-state index in [0.29, 0.717) is 17.8 Å². The van der Waals surface area contributed by atoms with E-state index in [1.807, 2.05) is 6.92 Å². The van der Waals surface area contributed by atoms with Gasteiger partial charge in [0, 0.05) is 17.8 Å². The van der Waals surface area contributed by atoms with Crippen molar-refractivity contribution in [3.8, 4) is 5.75 Å². The predicted molar refractivity (Wildman–Crippen MR) is 76.6 cm³/mol. The van der Waals surface area contributed by atoms with E-state index in [4.69, 9.17) is 23.2 Å². The third-order valence-electron chi connectivity index (χ3n) is 2.70. The number of hydrogen-bond acceptors (Lipinski definition) is 2. The molecule has 0 unspecified atom stereocenters. The molecule has 2 nitrogen and oxygen atoms in total. The third-order valence-corrected chi connectivity index (χ3v) is 3.28. The van der Waals surface area contributed by atoms with Gasteiger partial charge in [-0.1, -0.05) is 40.9 Å². The lowest BCUT2D eigenvalue weighted by Crippen LogP contribution is -2.02. The van der Waals surface area contributed by atoms with E-state index in [1.165, 1.54) is 18.2 Å². The Morgan fingerprint density at radius 2 is 1.79 bits per heavy atom. The normalized spacial score (nSPS) is 10.5. The maximum absolute atomic E-state index is 13.6. The predicted octanol–water partition coefficient (Wildman–Crippen LogP) is 4.76. The van der Waals surface area contributed by atoms with Crippen LogP contribution in [0.3, 0.4) is 0 Å². The van der Waals surface area contributed by atoms with Gasteiger partial charge < -0.3 is 10.4 Å². The van der Waals surface area contributed by atoms with Crippen LogP contribution in [0.15, 0.2) is 30.3 Å². The Balaban J connectivity index is 2.17. The molecule has 0 bridgehead atoms. The highest BCUT2D eigenvalue weighted by Gasteiger charge is 2.07. The first-order chi connectivity index (χ1) is 8.97. The summed E-state index contributed by atoms with van der Waals surface area (Å²) in [5.74, 6) is -0.426. The molecule has 0 aromatic heterocycles. The Morgan fingerprint density at radius 1 is 1.16 bits per heavy atom. The highest BCUT2D eigenvalue weighted by atomic mass is 35.5. The van der Waals surface area contributed by atoms with Crippen molar-refractivity contribution in [2.45, 2.75) is 13.5 Å². The molecule has 2 rings (SSSR count). The van der Waals surface area contributed by atoms with Gasteiger partial charge in [-0.2, -0.15) is 0 Å². The summed E-state index contributed by atoms with van der Waals surface area (Å²) in [5.41, 5.74) is 2.16. The molecule has 0 atom stereocenters. The minimum absolute atomic E-state index is 0.153. The monoisotopic (exact) mass is 299 g/mol. The van der Waals surface area contributed by atoms with Crippen molar-refractivity contribution >= 4 is 28.9 Å². The summed E-state index contributed by atoms with van der Waals surface area (Å²) in [6.45, 7) is 2.21. The third kappa shape index (κ3) is 3.31. The van der Waals surface area contributed by atoms with Gasteiger partial charge in [0.05, 0.1) is 10.0 Å². The summed E-state index contributed by atoms with van der Waals surface area (Å²) >= 11 is 11.6.